The molecule has 6 nitrogen and oxygen atoms in total. The number of Topliss-reactive ketones (excluding diaryl/α,β-unsaturated/α-hetero) is 1. The maximum Gasteiger partial charge on any atom is 0.295 e. The molecule has 0 spiro atoms. The first-order valence-corrected chi connectivity index (χ1v) is 10.1. The van der Waals surface area contributed by atoms with Crippen LogP contribution in [0.5, 0.6) is 0 Å². The quantitative estimate of drug-likeness (QED) is 0.413. The number of halogens is 1. The zero-order valence-electron chi connectivity index (χ0n) is 16.6. The molecule has 1 atom stereocenters. The summed E-state index contributed by atoms with van der Waals surface area (Å²) in [6.45, 7) is 7.19. The van der Waals surface area contributed by atoms with Crippen molar-refractivity contribution in [2.45, 2.75) is 19.9 Å². The molecule has 0 saturated carbocycles. The van der Waals surface area contributed by atoms with Gasteiger partial charge in [-0.15, -0.1) is 0 Å². The van der Waals surface area contributed by atoms with E-state index in [1.165, 1.54) is 17.3 Å². The van der Waals surface area contributed by atoms with Gasteiger partial charge in [-0.1, -0.05) is 23.7 Å². The molecule has 2 N–H and O–H groups in total. The Morgan fingerprint density at radius 3 is 2.31 bits per heavy atom. The molecule has 29 heavy (non-hydrogen) atoms. The smallest absolute Gasteiger partial charge is 0.295 e. The van der Waals surface area contributed by atoms with Crippen LogP contribution in [-0.2, 0) is 9.59 Å². The Morgan fingerprint density at radius 1 is 1.10 bits per heavy atom. The number of nitrogens with zero attached hydrogens (tertiary/aromatic N) is 2. The maximum absolute atomic E-state index is 12.9. The second-order valence-corrected chi connectivity index (χ2v) is 7.42. The lowest BCUT2D eigenvalue weighted by Gasteiger charge is -2.27. The SMILES string of the molecule is CC[NH+](CC)CCN1C(=O)C(=O)/C(=C(/O)c2ccncc2)[C@H]1c1ccc(Cl)cc1. The summed E-state index contributed by atoms with van der Waals surface area (Å²) in [7, 11) is 0. The Labute approximate surface area is 175 Å². The average Bonchev–Trinajstić information content (AvgIpc) is 3.00. The van der Waals surface area contributed by atoms with Crippen molar-refractivity contribution < 1.29 is 19.6 Å². The van der Waals surface area contributed by atoms with E-state index >= 15 is 0 Å². The number of carbonyl (C=O) groups excluding carboxylic acids is 2. The van der Waals surface area contributed by atoms with Crippen LogP contribution in [-0.4, -0.2) is 52.9 Å². The summed E-state index contributed by atoms with van der Waals surface area (Å²) in [5.74, 6) is -1.45. The molecule has 0 bridgehead atoms. The van der Waals surface area contributed by atoms with Gasteiger partial charge in [0.15, 0.2) is 0 Å². The molecule has 1 aromatic heterocycles. The van der Waals surface area contributed by atoms with Crippen LogP contribution in [0.1, 0.15) is 31.0 Å². The van der Waals surface area contributed by atoms with Crippen LogP contribution in [0.2, 0.25) is 5.02 Å². The highest BCUT2D eigenvalue weighted by Gasteiger charge is 2.46. The van der Waals surface area contributed by atoms with Gasteiger partial charge in [0.25, 0.3) is 11.7 Å². The largest absolute Gasteiger partial charge is 0.507 e. The number of nitrogens with one attached hydrogen (secondary N) is 1. The third-order valence-electron chi connectivity index (χ3n) is 5.39. The number of rotatable bonds is 7. The minimum atomic E-state index is -0.672. The molecular weight excluding hydrogens is 390 g/mol. The fourth-order valence-corrected chi connectivity index (χ4v) is 3.78. The Kier molecular flexibility index (Phi) is 6.67. The van der Waals surface area contributed by atoms with Crippen LogP contribution in [0.25, 0.3) is 5.76 Å². The lowest BCUT2D eigenvalue weighted by atomic mass is 9.95. The third kappa shape index (κ3) is 4.33. The third-order valence-corrected chi connectivity index (χ3v) is 5.64. The predicted molar refractivity (Wildman–Crippen MR) is 112 cm³/mol. The lowest BCUT2D eigenvalue weighted by Crippen LogP contribution is -3.12. The first kappa shape index (κ1) is 21.0. The van der Waals surface area contributed by atoms with Crippen molar-refractivity contribution in [1.29, 1.82) is 0 Å². The van der Waals surface area contributed by atoms with Crippen LogP contribution in [0.4, 0.5) is 0 Å². The van der Waals surface area contributed by atoms with E-state index in [0.29, 0.717) is 17.1 Å². The van der Waals surface area contributed by atoms with Crippen LogP contribution in [0.15, 0.2) is 54.4 Å². The number of hydrogen-bond acceptors (Lipinski definition) is 4. The molecule has 1 amide bonds. The number of carbonyl (C=O) groups is 2. The van der Waals surface area contributed by atoms with Crippen LogP contribution in [0, 0.1) is 0 Å². The van der Waals surface area contributed by atoms with Crippen molar-refractivity contribution in [1.82, 2.24) is 9.88 Å². The fourth-order valence-electron chi connectivity index (χ4n) is 3.65. The molecule has 1 fully saturated rings. The molecule has 0 unspecified atom stereocenters. The number of aromatic nitrogens is 1. The highest BCUT2D eigenvalue weighted by Crippen LogP contribution is 2.39. The summed E-state index contributed by atoms with van der Waals surface area (Å²) < 4.78 is 0. The molecule has 2 aromatic rings. The van der Waals surface area contributed by atoms with Gasteiger partial charge in [-0.3, -0.25) is 14.6 Å². The Morgan fingerprint density at radius 2 is 1.72 bits per heavy atom. The van der Waals surface area contributed by atoms with E-state index in [9.17, 15) is 14.7 Å². The summed E-state index contributed by atoms with van der Waals surface area (Å²) in [5, 5.41) is 11.5. The maximum atomic E-state index is 12.9. The molecule has 0 radical (unpaired) electrons. The monoisotopic (exact) mass is 414 g/mol. The number of pyridine rings is 1. The van der Waals surface area contributed by atoms with Gasteiger partial charge in [0.05, 0.1) is 37.8 Å². The standard InChI is InChI=1S/C22H24ClN3O3/c1-3-25(4-2)13-14-26-19(15-5-7-17(23)8-6-15)18(21(28)22(26)29)20(27)16-9-11-24-12-10-16/h5-12,19,27H,3-4,13-14H2,1-2H3/p+1/b20-18+/t19-/m1/s1. The van der Waals surface area contributed by atoms with Crippen LogP contribution < -0.4 is 4.90 Å². The Bertz CT molecular complexity index is 909. The number of aliphatic hydroxyl groups is 1. The summed E-state index contributed by atoms with van der Waals surface area (Å²) in [6.07, 6.45) is 3.07. The van der Waals surface area contributed by atoms with E-state index in [2.05, 4.69) is 18.8 Å². The van der Waals surface area contributed by atoms with Gasteiger partial charge in [-0.25, -0.2) is 0 Å². The number of quaternary nitrogens is 1. The van der Waals surface area contributed by atoms with E-state index in [4.69, 9.17) is 11.6 Å². The molecule has 1 aromatic carbocycles. The predicted octanol–water partition coefficient (Wildman–Crippen LogP) is 2.08. The molecule has 7 heteroatoms. The van der Waals surface area contributed by atoms with E-state index < -0.39 is 17.7 Å². The average molecular weight is 415 g/mol. The van der Waals surface area contributed by atoms with Crippen molar-refractivity contribution in [3.63, 3.8) is 0 Å². The van der Waals surface area contributed by atoms with Crippen molar-refractivity contribution >= 4 is 29.1 Å². The van der Waals surface area contributed by atoms with Gasteiger partial charge < -0.3 is 14.9 Å². The molecule has 3 rings (SSSR count). The van der Waals surface area contributed by atoms with Gasteiger partial charge in [-0.2, -0.15) is 0 Å². The van der Waals surface area contributed by atoms with Crippen molar-refractivity contribution in [2.24, 2.45) is 0 Å². The van der Waals surface area contributed by atoms with E-state index in [1.807, 2.05) is 0 Å². The van der Waals surface area contributed by atoms with Gasteiger partial charge in [-0.05, 0) is 43.7 Å². The summed E-state index contributed by atoms with van der Waals surface area (Å²) in [6, 6.07) is 9.59. The molecule has 0 aliphatic carbocycles. The first-order valence-electron chi connectivity index (χ1n) is 9.75. The van der Waals surface area contributed by atoms with E-state index in [-0.39, 0.29) is 11.3 Å². The highest BCUT2D eigenvalue weighted by atomic mass is 35.5. The molecule has 152 valence electrons. The number of ketones is 1. The lowest BCUT2D eigenvalue weighted by molar-refractivity contribution is -0.895. The normalized spacial score (nSPS) is 18.6. The summed E-state index contributed by atoms with van der Waals surface area (Å²) in [5.41, 5.74) is 1.28. The zero-order valence-corrected chi connectivity index (χ0v) is 17.3. The van der Waals surface area contributed by atoms with Crippen LogP contribution >= 0.6 is 11.6 Å². The van der Waals surface area contributed by atoms with E-state index in [1.54, 1.807) is 41.3 Å². The first-order chi connectivity index (χ1) is 14.0. The second-order valence-electron chi connectivity index (χ2n) is 6.99. The Balaban J connectivity index is 2.07. The van der Waals surface area contributed by atoms with Gasteiger partial charge in [0, 0.05) is 23.0 Å². The fraction of sp³-hybridized carbons (Fsp3) is 0.318. The minimum absolute atomic E-state index is 0.0954. The number of benzene rings is 1. The minimum Gasteiger partial charge on any atom is -0.507 e. The molecule has 1 saturated heterocycles. The molecular formula is C22H25ClN3O3+. The second kappa shape index (κ2) is 9.20. The topological polar surface area (TPSA) is 74.9 Å². The van der Waals surface area contributed by atoms with Crippen molar-refractivity contribution in [3.05, 3.63) is 70.5 Å². The molecule has 1 aliphatic heterocycles. The number of amides is 1. The summed E-state index contributed by atoms with van der Waals surface area (Å²) >= 11 is 6.03. The van der Waals surface area contributed by atoms with Crippen LogP contribution in [0.3, 0.4) is 0 Å². The molecule has 1 aliphatic rings. The van der Waals surface area contributed by atoms with Gasteiger partial charge in [0.1, 0.15) is 5.76 Å². The van der Waals surface area contributed by atoms with Gasteiger partial charge >= 0.3 is 0 Å². The number of aliphatic hydroxyl groups excluding tert-OH is 1. The molecule has 2 heterocycles. The Hall–Kier alpha value is -2.70. The van der Waals surface area contributed by atoms with E-state index in [0.717, 1.165) is 25.2 Å². The number of likely N-dealkylation sites (N-methyl/N-ethyl adjacent to an activating group) is 1. The number of likely N-dealkylation sites (tertiary alicyclic amines) is 1. The highest BCUT2D eigenvalue weighted by molar-refractivity contribution is 6.46. The summed E-state index contributed by atoms with van der Waals surface area (Å²) in [4.78, 5) is 32.6. The van der Waals surface area contributed by atoms with Gasteiger partial charge in [0.2, 0.25) is 0 Å². The number of hydrogen-bond donors (Lipinski definition) is 2. The zero-order chi connectivity index (χ0) is 21.0. The van der Waals surface area contributed by atoms with Crippen molar-refractivity contribution in [2.75, 3.05) is 26.2 Å². The van der Waals surface area contributed by atoms with Crippen molar-refractivity contribution in [3.8, 4) is 0 Å².